The van der Waals surface area contributed by atoms with E-state index in [0.717, 1.165) is 0 Å². The van der Waals surface area contributed by atoms with E-state index >= 15 is 0 Å². The molecule has 0 radical (unpaired) electrons. The molecule has 0 amide bonds. The molecule has 0 aliphatic rings. The van der Waals surface area contributed by atoms with E-state index in [1.165, 1.54) is 10.9 Å². The standard InChI is InChI=1S/C10H15N5O3S/c1-10(2,3)8-12-7(14-18-8)5-19(16,17)9-13-11-6-15(9)4/h6H,5H2,1-4H3. The summed E-state index contributed by atoms with van der Waals surface area (Å²) in [6.45, 7) is 5.71. The summed E-state index contributed by atoms with van der Waals surface area (Å²) in [6.07, 6.45) is 1.32. The third-order valence-electron chi connectivity index (χ3n) is 2.38. The van der Waals surface area contributed by atoms with Crippen LogP contribution in [0, 0.1) is 0 Å². The fourth-order valence-electron chi connectivity index (χ4n) is 1.41. The predicted octanol–water partition coefficient (Wildman–Crippen LogP) is 0.469. The van der Waals surface area contributed by atoms with Crippen molar-refractivity contribution in [2.45, 2.75) is 37.1 Å². The van der Waals surface area contributed by atoms with Crippen molar-refractivity contribution >= 4 is 9.84 Å². The maximum Gasteiger partial charge on any atom is 0.249 e. The van der Waals surface area contributed by atoms with Gasteiger partial charge in [-0.25, -0.2) is 8.42 Å². The Hall–Kier alpha value is -1.77. The van der Waals surface area contributed by atoms with Crippen molar-refractivity contribution in [1.82, 2.24) is 24.9 Å². The average molecular weight is 285 g/mol. The minimum absolute atomic E-state index is 0.116. The number of hydrogen-bond acceptors (Lipinski definition) is 7. The van der Waals surface area contributed by atoms with Crippen LogP contribution in [0.1, 0.15) is 32.5 Å². The fourth-order valence-corrected chi connectivity index (χ4v) is 2.65. The van der Waals surface area contributed by atoms with E-state index in [1.54, 1.807) is 7.05 Å². The molecule has 2 rings (SSSR count). The van der Waals surface area contributed by atoms with E-state index in [1.807, 2.05) is 20.8 Å². The molecule has 104 valence electrons. The molecule has 0 saturated carbocycles. The number of aryl methyl sites for hydroxylation is 1. The lowest BCUT2D eigenvalue weighted by atomic mass is 9.97. The van der Waals surface area contributed by atoms with Crippen LogP contribution in [0.4, 0.5) is 0 Å². The van der Waals surface area contributed by atoms with Crippen molar-refractivity contribution in [3.05, 3.63) is 18.0 Å². The van der Waals surface area contributed by atoms with Crippen molar-refractivity contribution in [1.29, 1.82) is 0 Å². The molecule has 0 aliphatic carbocycles. The molecule has 0 saturated heterocycles. The van der Waals surface area contributed by atoms with E-state index in [0.29, 0.717) is 5.89 Å². The maximum absolute atomic E-state index is 12.1. The summed E-state index contributed by atoms with van der Waals surface area (Å²) in [4.78, 5) is 4.09. The van der Waals surface area contributed by atoms with Gasteiger partial charge in [0.25, 0.3) is 0 Å². The Morgan fingerprint density at radius 1 is 1.37 bits per heavy atom. The normalized spacial score (nSPS) is 12.8. The number of nitrogens with zero attached hydrogens (tertiary/aromatic N) is 5. The van der Waals surface area contributed by atoms with Crippen LogP contribution in [0.3, 0.4) is 0 Å². The van der Waals surface area contributed by atoms with Gasteiger partial charge in [-0.05, 0) is 0 Å². The zero-order valence-electron chi connectivity index (χ0n) is 11.2. The third-order valence-corrected chi connectivity index (χ3v) is 3.94. The second-order valence-electron chi connectivity index (χ2n) is 5.25. The quantitative estimate of drug-likeness (QED) is 0.807. The molecule has 0 aromatic carbocycles. The second-order valence-corrected chi connectivity index (χ2v) is 7.13. The Morgan fingerprint density at radius 3 is 2.53 bits per heavy atom. The van der Waals surface area contributed by atoms with Gasteiger partial charge in [-0.2, -0.15) is 4.98 Å². The molecule has 2 heterocycles. The highest BCUT2D eigenvalue weighted by atomic mass is 32.2. The third kappa shape index (κ3) is 2.80. The van der Waals surface area contributed by atoms with Gasteiger partial charge in [0.1, 0.15) is 12.1 Å². The van der Waals surface area contributed by atoms with Crippen LogP contribution >= 0.6 is 0 Å². The summed E-state index contributed by atoms with van der Waals surface area (Å²) in [7, 11) is -2.07. The van der Waals surface area contributed by atoms with Crippen molar-refractivity contribution in [2.24, 2.45) is 7.05 Å². The number of aromatic nitrogens is 5. The first-order chi connectivity index (χ1) is 8.70. The molecule has 0 bridgehead atoms. The summed E-state index contributed by atoms with van der Waals surface area (Å²) in [6, 6.07) is 0. The molecule has 0 aliphatic heterocycles. The summed E-state index contributed by atoms with van der Waals surface area (Å²) >= 11 is 0. The lowest BCUT2D eigenvalue weighted by molar-refractivity contribution is 0.319. The van der Waals surface area contributed by atoms with Crippen molar-refractivity contribution in [3.63, 3.8) is 0 Å². The molecule has 9 heteroatoms. The first kappa shape index (κ1) is 13.7. The molecule has 0 atom stereocenters. The predicted molar refractivity (Wildman–Crippen MR) is 64.9 cm³/mol. The Labute approximate surface area is 110 Å². The highest BCUT2D eigenvalue weighted by Crippen LogP contribution is 2.20. The van der Waals surface area contributed by atoms with Crippen molar-refractivity contribution in [2.75, 3.05) is 0 Å². The van der Waals surface area contributed by atoms with Gasteiger partial charge in [-0.3, -0.25) is 0 Å². The monoisotopic (exact) mass is 285 g/mol. The largest absolute Gasteiger partial charge is 0.339 e. The van der Waals surface area contributed by atoms with Crippen LogP contribution in [-0.4, -0.2) is 33.3 Å². The molecule has 2 aromatic heterocycles. The maximum atomic E-state index is 12.1. The minimum Gasteiger partial charge on any atom is -0.339 e. The lowest BCUT2D eigenvalue weighted by Crippen LogP contribution is -2.13. The molecule has 19 heavy (non-hydrogen) atoms. The molecule has 0 spiro atoms. The van der Waals surface area contributed by atoms with Crippen molar-refractivity contribution < 1.29 is 12.9 Å². The van der Waals surface area contributed by atoms with Gasteiger partial charge in [0.15, 0.2) is 5.82 Å². The first-order valence-electron chi connectivity index (χ1n) is 5.60. The molecular weight excluding hydrogens is 270 g/mol. The second kappa shape index (κ2) is 4.41. The summed E-state index contributed by atoms with van der Waals surface area (Å²) < 4.78 is 30.6. The topological polar surface area (TPSA) is 104 Å². The van der Waals surface area contributed by atoms with Gasteiger partial charge in [-0.1, -0.05) is 25.9 Å². The van der Waals surface area contributed by atoms with Gasteiger partial charge < -0.3 is 9.09 Å². The van der Waals surface area contributed by atoms with Crippen molar-refractivity contribution in [3.8, 4) is 0 Å². The number of hydrogen-bond donors (Lipinski definition) is 0. The van der Waals surface area contributed by atoms with Crippen LogP contribution in [0.15, 0.2) is 16.0 Å². The highest BCUT2D eigenvalue weighted by molar-refractivity contribution is 7.90. The van der Waals surface area contributed by atoms with Gasteiger partial charge >= 0.3 is 0 Å². The molecule has 0 fully saturated rings. The highest BCUT2D eigenvalue weighted by Gasteiger charge is 2.26. The zero-order chi connectivity index (χ0) is 14.3. The SMILES string of the molecule is Cn1cnnc1S(=O)(=O)Cc1noc(C(C)(C)C)n1. The van der Waals surface area contributed by atoms with Crippen LogP contribution in [0.5, 0.6) is 0 Å². The summed E-state index contributed by atoms with van der Waals surface area (Å²) in [5.74, 6) is 0.155. The smallest absolute Gasteiger partial charge is 0.249 e. The minimum atomic E-state index is -3.63. The average Bonchev–Trinajstić information content (AvgIpc) is 2.85. The van der Waals surface area contributed by atoms with E-state index in [9.17, 15) is 8.42 Å². The molecule has 2 aromatic rings. The number of rotatable bonds is 3. The Morgan fingerprint density at radius 2 is 2.05 bits per heavy atom. The van der Waals surface area contributed by atoms with Crippen LogP contribution in [0.2, 0.25) is 0 Å². The van der Waals surface area contributed by atoms with E-state index < -0.39 is 9.84 Å². The Balaban J connectivity index is 2.27. The fraction of sp³-hybridized carbons (Fsp3) is 0.600. The lowest BCUT2D eigenvalue weighted by Gasteiger charge is -2.10. The van der Waals surface area contributed by atoms with Gasteiger partial charge in [0.05, 0.1) is 0 Å². The summed E-state index contributed by atoms with van der Waals surface area (Å²) in [5.41, 5.74) is -0.320. The Kier molecular flexibility index (Phi) is 3.17. The molecule has 8 nitrogen and oxygen atoms in total. The van der Waals surface area contributed by atoms with Crippen LogP contribution in [-0.2, 0) is 28.1 Å². The van der Waals surface area contributed by atoms with E-state index in [2.05, 4.69) is 20.3 Å². The van der Waals surface area contributed by atoms with E-state index in [4.69, 9.17) is 4.52 Å². The zero-order valence-corrected chi connectivity index (χ0v) is 12.0. The number of sulfone groups is 1. The first-order valence-corrected chi connectivity index (χ1v) is 7.25. The van der Waals surface area contributed by atoms with Crippen LogP contribution < -0.4 is 0 Å². The summed E-state index contributed by atoms with van der Waals surface area (Å²) in [5, 5.41) is 10.7. The molecule has 0 unspecified atom stereocenters. The molecule has 0 N–H and O–H groups in total. The van der Waals surface area contributed by atoms with Crippen LogP contribution in [0.25, 0.3) is 0 Å². The van der Waals surface area contributed by atoms with Gasteiger partial charge in [-0.15, -0.1) is 10.2 Å². The van der Waals surface area contributed by atoms with E-state index in [-0.39, 0.29) is 22.1 Å². The Bertz CT molecular complexity index is 680. The molecular formula is C10H15N5O3S. The van der Waals surface area contributed by atoms with Gasteiger partial charge in [0, 0.05) is 12.5 Å². The van der Waals surface area contributed by atoms with Gasteiger partial charge in [0.2, 0.25) is 20.9 Å².